The van der Waals surface area contributed by atoms with Crippen LogP contribution in [-0.4, -0.2) is 51.2 Å². The molecule has 40 heavy (non-hydrogen) atoms. The molecule has 3 aromatic rings. The van der Waals surface area contributed by atoms with Gasteiger partial charge in [-0.2, -0.15) is 0 Å². The largest absolute Gasteiger partial charge is 0.489 e. The molecule has 0 saturated carbocycles. The first kappa shape index (κ1) is 29.1. The highest BCUT2D eigenvalue weighted by molar-refractivity contribution is 6.03. The molecule has 214 valence electrons. The second kappa shape index (κ2) is 10.9. The first-order valence-corrected chi connectivity index (χ1v) is 13.5. The number of amides is 3. The molecule has 0 aliphatic carbocycles. The molecule has 1 aromatic carbocycles. The van der Waals surface area contributed by atoms with Crippen LogP contribution in [0.25, 0.3) is 0 Å². The summed E-state index contributed by atoms with van der Waals surface area (Å²) < 4.78 is 11.4. The van der Waals surface area contributed by atoms with Crippen molar-refractivity contribution in [3.63, 3.8) is 0 Å². The third kappa shape index (κ3) is 6.98. The molecular weight excluding hydrogens is 508 g/mol. The Morgan fingerprint density at radius 2 is 1.55 bits per heavy atom. The zero-order valence-electron chi connectivity index (χ0n) is 24.6. The van der Waals surface area contributed by atoms with Crippen molar-refractivity contribution in [3.8, 4) is 5.75 Å². The number of piperidine rings is 1. The lowest BCUT2D eigenvalue weighted by molar-refractivity contribution is -0.0557. The van der Waals surface area contributed by atoms with Crippen molar-refractivity contribution in [2.24, 2.45) is 0 Å². The summed E-state index contributed by atoms with van der Waals surface area (Å²) >= 11 is 0. The Morgan fingerprint density at radius 3 is 2.08 bits per heavy atom. The molecule has 0 radical (unpaired) electrons. The highest BCUT2D eigenvalue weighted by Crippen LogP contribution is 2.38. The second-order valence-corrected chi connectivity index (χ2v) is 12.6. The Balaban J connectivity index is 1.29. The Bertz CT molecular complexity index is 1320. The molecule has 3 amide bonds. The maximum Gasteiger partial charge on any atom is 0.326 e. The number of carbonyl (C=O) groups is 2. The number of pyridine rings is 1. The van der Waals surface area contributed by atoms with E-state index in [4.69, 9.17) is 9.26 Å². The quantitative estimate of drug-likeness (QED) is 0.331. The number of nitrogens with one attached hydrogen (secondary N) is 3. The van der Waals surface area contributed by atoms with E-state index < -0.39 is 6.03 Å². The summed E-state index contributed by atoms with van der Waals surface area (Å²) in [7, 11) is 2.16. The zero-order chi connectivity index (χ0) is 29.3. The van der Waals surface area contributed by atoms with Crippen molar-refractivity contribution in [1.29, 1.82) is 0 Å². The van der Waals surface area contributed by atoms with E-state index in [1.54, 1.807) is 48.7 Å². The number of carbonyl (C=O) groups excluding carboxylic acids is 2. The fourth-order valence-electron chi connectivity index (χ4n) is 4.93. The van der Waals surface area contributed by atoms with Gasteiger partial charge >= 0.3 is 6.03 Å². The van der Waals surface area contributed by atoms with Gasteiger partial charge in [-0.15, -0.1) is 0 Å². The average molecular weight is 549 g/mol. The van der Waals surface area contributed by atoms with Gasteiger partial charge in [-0.1, -0.05) is 25.9 Å². The molecule has 10 nitrogen and oxygen atoms in total. The fourth-order valence-corrected chi connectivity index (χ4v) is 4.93. The van der Waals surface area contributed by atoms with E-state index >= 15 is 0 Å². The van der Waals surface area contributed by atoms with Crippen LogP contribution in [0.1, 0.15) is 77.5 Å². The minimum Gasteiger partial charge on any atom is -0.489 e. The average Bonchev–Trinajstić information content (AvgIpc) is 3.33. The Morgan fingerprint density at radius 1 is 0.950 bits per heavy atom. The van der Waals surface area contributed by atoms with E-state index in [0.717, 1.165) is 18.5 Å². The Hall–Kier alpha value is -3.92. The summed E-state index contributed by atoms with van der Waals surface area (Å²) in [5, 5.41) is 12.2. The van der Waals surface area contributed by atoms with Gasteiger partial charge < -0.3 is 19.9 Å². The molecule has 0 bridgehead atoms. The summed E-state index contributed by atoms with van der Waals surface area (Å²) in [5.41, 5.74) is 1.98. The number of hydrogen-bond donors (Lipinski definition) is 3. The third-order valence-corrected chi connectivity index (χ3v) is 7.46. The van der Waals surface area contributed by atoms with Gasteiger partial charge in [-0.05, 0) is 71.1 Å². The second-order valence-electron chi connectivity index (χ2n) is 12.6. The standard InChI is InChI=1S/C30H40N6O4/c1-28(2,3)24-15-25(40-35-24)34-27(38)33-20-11-9-19(10-12-20)32-26(37)23-14-13-21(18-31-23)39-22-16-29(4,5)36(8)30(6,7)17-22/h9-15,18,22H,16-17H2,1-8H3,(H,32,37)(H2,33,34,38). The summed E-state index contributed by atoms with van der Waals surface area (Å²) in [6.45, 7) is 14.9. The number of urea groups is 1. The molecule has 0 unspecified atom stereocenters. The maximum absolute atomic E-state index is 12.7. The van der Waals surface area contributed by atoms with Gasteiger partial charge in [0.1, 0.15) is 17.5 Å². The van der Waals surface area contributed by atoms with Crippen LogP contribution < -0.4 is 20.7 Å². The number of rotatable bonds is 6. The normalized spacial score (nSPS) is 17.2. The van der Waals surface area contributed by atoms with E-state index in [-0.39, 0.29) is 40.1 Å². The molecular formula is C30H40N6O4. The lowest BCUT2D eigenvalue weighted by Crippen LogP contribution is -2.60. The number of anilines is 3. The molecule has 1 aliphatic heterocycles. The van der Waals surface area contributed by atoms with Gasteiger partial charge in [0.25, 0.3) is 5.91 Å². The highest BCUT2D eigenvalue weighted by Gasteiger charge is 2.44. The van der Waals surface area contributed by atoms with Crippen LogP contribution in [0.2, 0.25) is 0 Å². The number of likely N-dealkylation sites (tertiary alicyclic amines) is 1. The van der Waals surface area contributed by atoms with E-state index in [1.807, 2.05) is 20.8 Å². The van der Waals surface area contributed by atoms with Gasteiger partial charge in [0.2, 0.25) is 5.88 Å². The smallest absolute Gasteiger partial charge is 0.326 e. The topological polar surface area (TPSA) is 122 Å². The van der Waals surface area contributed by atoms with Crippen molar-refractivity contribution in [2.75, 3.05) is 23.0 Å². The van der Waals surface area contributed by atoms with E-state index in [9.17, 15) is 9.59 Å². The van der Waals surface area contributed by atoms with Crippen molar-refractivity contribution in [2.45, 2.75) is 83.9 Å². The predicted octanol–water partition coefficient (Wildman–Crippen LogP) is 6.29. The first-order valence-electron chi connectivity index (χ1n) is 13.5. The molecule has 0 atom stereocenters. The number of aromatic nitrogens is 2. The monoisotopic (exact) mass is 548 g/mol. The third-order valence-electron chi connectivity index (χ3n) is 7.46. The lowest BCUT2D eigenvalue weighted by Gasteiger charge is -2.53. The molecule has 0 spiro atoms. The Kier molecular flexibility index (Phi) is 7.94. The summed E-state index contributed by atoms with van der Waals surface area (Å²) in [6.07, 6.45) is 3.46. The number of nitrogens with zero attached hydrogens (tertiary/aromatic N) is 3. The van der Waals surface area contributed by atoms with E-state index in [0.29, 0.717) is 17.1 Å². The lowest BCUT2D eigenvalue weighted by atomic mass is 9.79. The predicted molar refractivity (Wildman–Crippen MR) is 156 cm³/mol. The van der Waals surface area contributed by atoms with Crippen molar-refractivity contribution < 1.29 is 18.8 Å². The van der Waals surface area contributed by atoms with Crippen molar-refractivity contribution >= 4 is 29.2 Å². The van der Waals surface area contributed by atoms with Crippen molar-refractivity contribution in [3.05, 3.63) is 60.0 Å². The minimum atomic E-state index is -0.465. The molecule has 1 saturated heterocycles. The summed E-state index contributed by atoms with van der Waals surface area (Å²) in [4.78, 5) is 31.8. The number of benzene rings is 1. The van der Waals surface area contributed by atoms with Gasteiger partial charge in [-0.3, -0.25) is 15.0 Å². The van der Waals surface area contributed by atoms with Crippen LogP contribution in [0.15, 0.2) is 53.2 Å². The molecule has 3 N–H and O–H groups in total. The van der Waals surface area contributed by atoms with Crippen LogP contribution in [0.3, 0.4) is 0 Å². The van der Waals surface area contributed by atoms with Crippen LogP contribution in [0.4, 0.5) is 22.1 Å². The first-order chi connectivity index (χ1) is 18.6. The molecule has 1 fully saturated rings. The number of hydrogen-bond acceptors (Lipinski definition) is 7. The zero-order valence-corrected chi connectivity index (χ0v) is 24.6. The van der Waals surface area contributed by atoms with Gasteiger partial charge in [-0.25, -0.2) is 9.78 Å². The summed E-state index contributed by atoms with van der Waals surface area (Å²) in [6, 6.07) is 11.4. The molecule has 1 aliphatic rings. The van der Waals surface area contributed by atoms with Gasteiger partial charge in [0, 0.05) is 46.8 Å². The molecule has 10 heteroatoms. The van der Waals surface area contributed by atoms with Crippen LogP contribution in [0, 0.1) is 0 Å². The van der Waals surface area contributed by atoms with Crippen LogP contribution in [-0.2, 0) is 5.41 Å². The minimum absolute atomic E-state index is 0.0155. The van der Waals surface area contributed by atoms with E-state index in [1.165, 1.54) is 0 Å². The van der Waals surface area contributed by atoms with Crippen LogP contribution >= 0.6 is 0 Å². The van der Waals surface area contributed by atoms with Crippen molar-refractivity contribution in [1.82, 2.24) is 15.0 Å². The number of ether oxygens (including phenoxy) is 1. The molecule has 2 aromatic heterocycles. The Labute approximate surface area is 235 Å². The SMILES string of the molecule is CN1C(C)(C)CC(Oc2ccc(C(=O)Nc3ccc(NC(=O)Nc4cc(C(C)(C)C)no4)cc3)nc2)CC1(C)C. The summed E-state index contributed by atoms with van der Waals surface area (Å²) in [5.74, 6) is 0.562. The fraction of sp³-hybridized carbons (Fsp3) is 0.467. The maximum atomic E-state index is 12.7. The highest BCUT2D eigenvalue weighted by atomic mass is 16.5. The van der Waals surface area contributed by atoms with E-state index in [2.05, 4.69) is 65.7 Å². The van der Waals surface area contributed by atoms with Gasteiger partial charge in [0.15, 0.2) is 0 Å². The molecule has 4 rings (SSSR count). The van der Waals surface area contributed by atoms with Gasteiger partial charge in [0.05, 0.1) is 11.9 Å². The molecule has 3 heterocycles. The van der Waals surface area contributed by atoms with Crippen LogP contribution in [0.5, 0.6) is 5.75 Å².